The van der Waals surface area contributed by atoms with Gasteiger partial charge in [0.25, 0.3) is 0 Å². The van der Waals surface area contributed by atoms with Gasteiger partial charge in [-0.1, -0.05) is 19.1 Å². The summed E-state index contributed by atoms with van der Waals surface area (Å²) in [6, 6.07) is 2.75. The first-order valence-corrected chi connectivity index (χ1v) is 11.7. The Hall–Kier alpha value is -2.38. The van der Waals surface area contributed by atoms with Gasteiger partial charge >= 0.3 is 6.18 Å². The first kappa shape index (κ1) is 20.2. The molecular formula is C24H27F3N4O. The molecule has 4 atom stereocenters. The SMILES string of the molecule is CCc1cc(C(F)(F)F)n2nc([C@H]3CCCN(C(=O)[C@H]4C[C@H]5C=C[C@H]4C54CC4)C3)cc2n1. The Morgan fingerprint density at radius 1 is 1.25 bits per heavy atom. The molecule has 3 heterocycles. The molecule has 2 saturated carbocycles. The molecule has 3 fully saturated rings. The summed E-state index contributed by atoms with van der Waals surface area (Å²) in [6.07, 6.45) is 5.57. The Labute approximate surface area is 184 Å². The zero-order valence-electron chi connectivity index (χ0n) is 18.1. The molecule has 2 aromatic heterocycles. The van der Waals surface area contributed by atoms with E-state index in [-0.39, 0.29) is 23.4 Å². The van der Waals surface area contributed by atoms with Crippen molar-refractivity contribution in [2.24, 2.45) is 23.2 Å². The number of fused-ring (bicyclic) bond motifs is 1. The number of piperidine rings is 1. The maximum absolute atomic E-state index is 13.6. The Balaban J connectivity index is 1.26. The van der Waals surface area contributed by atoms with E-state index >= 15 is 0 Å². The average molecular weight is 445 g/mol. The Kier molecular flexibility index (Phi) is 4.31. The van der Waals surface area contributed by atoms with Gasteiger partial charge in [0.2, 0.25) is 5.91 Å². The van der Waals surface area contributed by atoms with E-state index in [2.05, 4.69) is 22.2 Å². The van der Waals surface area contributed by atoms with Crippen LogP contribution in [0.5, 0.6) is 0 Å². The minimum absolute atomic E-state index is 0.0652. The number of likely N-dealkylation sites (tertiary alicyclic amines) is 1. The highest BCUT2D eigenvalue weighted by Crippen LogP contribution is 2.70. The second-order valence-corrected chi connectivity index (χ2v) is 10.0. The number of amides is 1. The first-order valence-electron chi connectivity index (χ1n) is 11.7. The molecule has 2 aromatic rings. The van der Waals surface area contributed by atoms with Crippen LogP contribution in [0.25, 0.3) is 5.65 Å². The third kappa shape index (κ3) is 2.94. The number of carbonyl (C=O) groups is 1. The van der Waals surface area contributed by atoms with E-state index in [0.717, 1.165) is 36.4 Å². The second-order valence-electron chi connectivity index (χ2n) is 10.0. The molecule has 5 nitrogen and oxygen atoms in total. The van der Waals surface area contributed by atoms with Gasteiger partial charge in [-0.2, -0.15) is 18.3 Å². The van der Waals surface area contributed by atoms with E-state index in [1.807, 2.05) is 4.90 Å². The number of nitrogens with zero attached hydrogens (tertiary/aromatic N) is 4. The third-order valence-electron chi connectivity index (χ3n) is 8.34. The number of carbonyl (C=O) groups excluding carboxylic acids is 1. The summed E-state index contributed by atoms with van der Waals surface area (Å²) in [5.41, 5.74) is 0.797. The van der Waals surface area contributed by atoms with Crippen LogP contribution in [0.2, 0.25) is 0 Å². The summed E-state index contributed by atoms with van der Waals surface area (Å²) >= 11 is 0. The highest BCUT2D eigenvalue weighted by atomic mass is 19.4. The number of aromatic nitrogens is 3. The maximum Gasteiger partial charge on any atom is 0.433 e. The molecule has 0 unspecified atom stereocenters. The summed E-state index contributed by atoms with van der Waals surface area (Å²) < 4.78 is 41.8. The highest BCUT2D eigenvalue weighted by Gasteiger charge is 2.64. The molecule has 1 aliphatic heterocycles. The van der Waals surface area contributed by atoms with Gasteiger partial charge in [-0.3, -0.25) is 4.79 Å². The summed E-state index contributed by atoms with van der Waals surface area (Å²) in [7, 11) is 0. The monoisotopic (exact) mass is 444 g/mol. The van der Waals surface area contributed by atoms with Crippen LogP contribution in [-0.4, -0.2) is 38.5 Å². The number of hydrogen-bond donors (Lipinski definition) is 0. The van der Waals surface area contributed by atoms with Crippen molar-refractivity contribution in [2.75, 3.05) is 13.1 Å². The highest BCUT2D eigenvalue weighted by molar-refractivity contribution is 5.81. The molecule has 0 radical (unpaired) electrons. The molecule has 2 bridgehead atoms. The van der Waals surface area contributed by atoms with E-state index in [0.29, 0.717) is 41.6 Å². The Morgan fingerprint density at radius 2 is 2.06 bits per heavy atom. The molecule has 0 aromatic carbocycles. The van der Waals surface area contributed by atoms with Crippen molar-refractivity contribution in [3.05, 3.63) is 41.4 Å². The van der Waals surface area contributed by atoms with E-state index < -0.39 is 11.9 Å². The quantitative estimate of drug-likeness (QED) is 0.650. The molecular weight excluding hydrogens is 417 g/mol. The van der Waals surface area contributed by atoms with Crippen molar-refractivity contribution in [2.45, 2.75) is 57.5 Å². The van der Waals surface area contributed by atoms with Crippen LogP contribution in [0, 0.1) is 23.2 Å². The number of rotatable bonds is 3. The van der Waals surface area contributed by atoms with Gasteiger partial charge in [0, 0.05) is 36.7 Å². The molecule has 1 spiro atoms. The second kappa shape index (κ2) is 6.81. The molecule has 170 valence electrons. The first-order chi connectivity index (χ1) is 15.3. The Morgan fingerprint density at radius 3 is 2.75 bits per heavy atom. The molecule has 0 N–H and O–H groups in total. The van der Waals surface area contributed by atoms with Crippen LogP contribution >= 0.6 is 0 Å². The number of halogens is 3. The van der Waals surface area contributed by atoms with E-state index in [4.69, 9.17) is 0 Å². The fraction of sp³-hybridized carbons (Fsp3) is 0.625. The van der Waals surface area contributed by atoms with Gasteiger partial charge in [0.1, 0.15) is 5.69 Å². The zero-order valence-corrected chi connectivity index (χ0v) is 18.1. The van der Waals surface area contributed by atoms with Crippen molar-refractivity contribution in [1.82, 2.24) is 19.5 Å². The number of aryl methyl sites for hydroxylation is 1. The van der Waals surface area contributed by atoms with Crippen LogP contribution in [0.3, 0.4) is 0 Å². The predicted octanol–water partition coefficient (Wildman–Crippen LogP) is 4.62. The van der Waals surface area contributed by atoms with Crippen molar-refractivity contribution in [3.8, 4) is 0 Å². The van der Waals surface area contributed by atoms with Crippen LogP contribution in [-0.2, 0) is 17.4 Å². The fourth-order valence-corrected chi connectivity index (χ4v) is 6.54. The summed E-state index contributed by atoms with van der Waals surface area (Å²) in [6.45, 7) is 3.03. The van der Waals surface area contributed by atoms with Crippen LogP contribution in [0.15, 0.2) is 24.3 Å². The van der Waals surface area contributed by atoms with Crippen LogP contribution < -0.4 is 0 Å². The summed E-state index contributed by atoms with van der Waals surface area (Å²) in [5.74, 6) is 1.16. The summed E-state index contributed by atoms with van der Waals surface area (Å²) in [4.78, 5) is 19.7. The number of alkyl halides is 3. The number of allylic oxidation sites excluding steroid dienone is 2. The topological polar surface area (TPSA) is 50.5 Å². The standard InChI is InChI=1S/C24H27F3N4O/c1-2-16-11-20(24(25,26)27)31-21(28-16)12-19(29-31)14-4-3-9-30(13-14)22(32)17-10-15-5-6-18(17)23(15)7-8-23/h5-6,11-12,14-15,17-18H,2-4,7-10,13H2,1H3/t14-,15+,17-,18+/m0/s1. The molecule has 6 rings (SSSR count). The molecule has 1 saturated heterocycles. The van der Waals surface area contributed by atoms with Crippen molar-refractivity contribution < 1.29 is 18.0 Å². The van der Waals surface area contributed by atoms with Crippen molar-refractivity contribution >= 4 is 11.6 Å². The molecule has 1 amide bonds. The lowest BCUT2D eigenvalue weighted by molar-refractivity contribution is -0.142. The third-order valence-corrected chi connectivity index (χ3v) is 8.34. The van der Waals surface area contributed by atoms with Crippen LogP contribution in [0.4, 0.5) is 13.2 Å². The lowest BCUT2D eigenvalue weighted by Crippen LogP contribution is -2.43. The molecule has 32 heavy (non-hydrogen) atoms. The normalized spacial score (nSPS) is 30.6. The molecule has 8 heteroatoms. The molecule has 3 aliphatic carbocycles. The minimum Gasteiger partial charge on any atom is -0.342 e. The molecule has 4 aliphatic rings. The van der Waals surface area contributed by atoms with E-state index in [9.17, 15) is 18.0 Å². The van der Waals surface area contributed by atoms with Gasteiger partial charge < -0.3 is 4.90 Å². The summed E-state index contributed by atoms with van der Waals surface area (Å²) in [5, 5.41) is 4.33. The van der Waals surface area contributed by atoms with E-state index in [1.165, 1.54) is 12.8 Å². The number of hydrogen-bond acceptors (Lipinski definition) is 3. The van der Waals surface area contributed by atoms with Gasteiger partial charge in [-0.15, -0.1) is 0 Å². The van der Waals surface area contributed by atoms with Crippen molar-refractivity contribution in [1.29, 1.82) is 0 Å². The Bertz CT molecular complexity index is 1120. The predicted molar refractivity (Wildman–Crippen MR) is 112 cm³/mol. The van der Waals surface area contributed by atoms with E-state index in [1.54, 1.807) is 13.0 Å². The van der Waals surface area contributed by atoms with Gasteiger partial charge in [0.05, 0.1) is 5.69 Å². The lowest BCUT2D eigenvalue weighted by Gasteiger charge is -2.35. The lowest BCUT2D eigenvalue weighted by atomic mass is 9.87. The van der Waals surface area contributed by atoms with Gasteiger partial charge in [0.15, 0.2) is 5.65 Å². The smallest absolute Gasteiger partial charge is 0.342 e. The van der Waals surface area contributed by atoms with Gasteiger partial charge in [-0.05, 0) is 61.8 Å². The minimum atomic E-state index is -4.50. The van der Waals surface area contributed by atoms with Crippen LogP contribution in [0.1, 0.15) is 62.0 Å². The average Bonchev–Trinajstić information content (AvgIpc) is 3.24. The fourth-order valence-electron chi connectivity index (χ4n) is 6.54. The van der Waals surface area contributed by atoms with Crippen molar-refractivity contribution in [3.63, 3.8) is 0 Å². The largest absolute Gasteiger partial charge is 0.433 e. The maximum atomic E-state index is 13.6. The zero-order chi connectivity index (χ0) is 22.3. The van der Waals surface area contributed by atoms with Gasteiger partial charge in [-0.25, -0.2) is 9.50 Å².